The largest absolute Gasteiger partial charge is 0.351 e. The zero-order valence-corrected chi connectivity index (χ0v) is 18.0. The lowest BCUT2D eigenvalue weighted by Crippen LogP contribution is -2.47. The molecule has 1 aromatic carbocycles. The van der Waals surface area contributed by atoms with Crippen LogP contribution in [0.4, 0.5) is 4.79 Å². The van der Waals surface area contributed by atoms with Crippen molar-refractivity contribution in [2.45, 2.75) is 57.9 Å². The Morgan fingerprint density at radius 2 is 1.90 bits per heavy atom. The minimum atomic E-state index is -0.00549. The summed E-state index contributed by atoms with van der Waals surface area (Å²) in [6.45, 7) is 9.37. The number of hydrogen-bond acceptors (Lipinski definition) is 3. The molecule has 2 saturated heterocycles. The molecule has 2 N–H and O–H groups in total. The van der Waals surface area contributed by atoms with Gasteiger partial charge in [-0.3, -0.25) is 4.79 Å². The molecule has 0 aliphatic carbocycles. The number of urea groups is 1. The summed E-state index contributed by atoms with van der Waals surface area (Å²) in [5, 5.41) is 6.05. The van der Waals surface area contributed by atoms with Crippen LogP contribution >= 0.6 is 0 Å². The maximum atomic E-state index is 12.6. The van der Waals surface area contributed by atoms with Crippen LogP contribution in [0.25, 0.3) is 0 Å². The second kappa shape index (κ2) is 10.6. The minimum Gasteiger partial charge on any atom is -0.351 e. The Balaban J connectivity index is 1.54. The van der Waals surface area contributed by atoms with E-state index >= 15 is 0 Å². The van der Waals surface area contributed by atoms with Gasteiger partial charge in [-0.05, 0) is 70.3 Å². The predicted octanol–water partition coefficient (Wildman–Crippen LogP) is 3.20. The van der Waals surface area contributed by atoms with E-state index in [1.54, 1.807) is 0 Å². The van der Waals surface area contributed by atoms with E-state index in [0.717, 1.165) is 44.6 Å². The highest BCUT2D eigenvalue weighted by molar-refractivity contribution is 5.94. The average molecular weight is 401 g/mol. The number of likely N-dealkylation sites (tertiary alicyclic amines) is 2. The zero-order chi connectivity index (χ0) is 20.6. The third kappa shape index (κ3) is 6.46. The molecular formula is C23H36N4O2. The molecule has 6 nitrogen and oxygen atoms in total. The standard InChI is InChI=1S/C23H36N4O2/c1-18(2)25-23(29)27-14-7-10-21(17-27)19-8-6-9-20(16-19)22(28)24-11-15-26-12-4-3-5-13-26/h6,8-9,16,18,21H,3-5,7,10-15,17H2,1-2H3,(H,24,28)(H,25,29)/t21-/m0/s1. The van der Waals surface area contributed by atoms with E-state index in [2.05, 4.69) is 21.6 Å². The first-order valence-electron chi connectivity index (χ1n) is 11.2. The number of benzene rings is 1. The van der Waals surface area contributed by atoms with Crippen molar-refractivity contribution in [2.75, 3.05) is 39.3 Å². The molecule has 2 aliphatic heterocycles. The number of carbonyl (C=O) groups excluding carboxylic acids is 2. The molecule has 1 atom stereocenters. The van der Waals surface area contributed by atoms with Crippen LogP contribution in [0.15, 0.2) is 24.3 Å². The second-order valence-electron chi connectivity index (χ2n) is 8.67. The fourth-order valence-corrected chi connectivity index (χ4v) is 4.32. The van der Waals surface area contributed by atoms with Crippen molar-refractivity contribution in [2.24, 2.45) is 0 Å². The van der Waals surface area contributed by atoms with Crippen molar-refractivity contribution in [3.05, 3.63) is 35.4 Å². The molecule has 0 saturated carbocycles. The normalized spacial score (nSPS) is 20.5. The minimum absolute atomic E-state index is 0.00549. The van der Waals surface area contributed by atoms with Crippen LogP contribution in [0.3, 0.4) is 0 Å². The van der Waals surface area contributed by atoms with Gasteiger partial charge in [0.05, 0.1) is 0 Å². The molecule has 1 aromatic rings. The van der Waals surface area contributed by atoms with Crippen LogP contribution in [-0.4, -0.2) is 67.0 Å². The molecule has 0 spiro atoms. The molecule has 2 aliphatic rings. The van der Waals surface area contributed by atoms with Crippen molar-refractivity contribution < 1.29 is 9.59 Å². The van der Waals surface area contributed by atoms with E-state index in [1.165, 1.54) is 19.3 Å². The monoisotopic (exact) mass is 400 g/mol. The summed E-state index contributed by atoms with van der Waals surface area (Å²) in [5.41, 5.74) is 1.86. The van der Waals surface area contributed by atoms with E-state index in [0.29, 0.717) is 18.7 Å². The first-order valence-corrected chi connectivity index (χ1v) is 11.2. The molecule has 29 heavy (non-hydrogen) atoms. The summed E-state index contributed by atoms with van der Waals surface area (Å²) in [5.74, 6) is 0.275. The van der Waals surface area contributed by atoms with Gasteiger partial charge in [-0.25, -0.2) is 4.79 Å². The molecule has 2 fully saturated rings. The van der Waals surface area contributed by atoms with E-state index in [-0.39, 0.29) is 23.9 Å². The predicted molar refractivity (Wildman–Crippen MR) is 116 cm³/mol. The Morgan fingerprint density at radius 3 is 2.66 bits per heavy atom. The van der Waals surface area contributed by atoms with Crippen molar-refractivity contribution >= 4 is 11.9 Å². The van der Waals surface area contributed by atoms with Gasteiger partial charge < -0.3 is 20.4 Å². The van der Waals surface area contributed by atoms with E-state index < -0.39 is 0 Å². The van der Waals surface area contributed by atoms with E-state index in [1.807, 2.05) is 36.9 Å². The van der Waals surface area contributed by atoms with Gasteiger partial charge in [-0.2, -0.15) is 0 Å². The summed E-state index contributed by atoms with van der Waals surface area (Å²) in [7, 11) is 0. The summed E-state index contributed by atoms with van der Waals surface area (Å²) in [4.78, 5) is 29.3. The van der Waals surface area contributed by atoms with Crippen LogP contribution in [0, 0.1) is 0 Å². The zero-order valence-electron chi connectivity index (χ0n) is 18.0. The fourth-order valence-electron chi connectivity index (χ4n) is 4.32. The number of hydrogen-bond donors (Lipinski definition) is 2. The number of piperidine rings is 2. The lowest BCUT2D eigenvalue weighted by molar-refractivity contribution is 0.0946. The maximum absolute atomic E-state index is 12.6. The fraction of sp³-hybridized carbons (Fsp3) is 0.652. The molecule has 0 bridgehead atoms. The Morgan fingerprint density at radius 1 is 1.10 bits per heavy atom. The average Bonchev–Trinajstić information content (AvgIpc) is 2.74. The summed E-state index contributed by atoms with van der Waals surface area (Å²) >= 11 is 0. The van der Waals surface area contributed by atoms with Gasteiger partial charge in [0, 0.05) is 43.7 Å². The number of amides is 3. The Hall–Kier alpha value is -2.08. The molecule has 3 rings (SSSR count). The highest BCUT2D eigenvalue weighted by Gasteiger charge is 2.25. The number of nitrogens with zero attached hydrogens (tertiary/aromatic N) is 2. The van der Waals surface area contributed by atoms with Gasteiger partial charge >= 0.3 is 6.03 Å². The molecule has 0 radical (unpaired) electrons. The SMILES string of the molecule is CC(C)NC(=O)N1CCC[C@H](c2cccc(C(=O)NCCN3CCCCC3)c2)C1. The van der Waals surface area contributed by atoms with E-state index in [4.69, 9.17) is 0 Å². The molecule has 6 heteroatoms. The summed E-state index contributed by atoms with van der Waals surface area (Å²) < 4.78 is 0. The first kappa shape index (κ1) is 21.6. The number of rotatable bonds is 6. The molecular weight excluding hydrogens is 364 g/mol. The topological polar surface area (TPSA) is 64.7 Å². The van der Waals surface area contributed by atoms with Crippen LogP contribution in [0.1, 0.15) is 67.8 Å². The second-order valence-corrected chi connectivity index (χ2v) is 8.67. The first-order chi connectivity index (χ1) is 14.0. The molecule has 0 aromatic heterocycles. The lowest BCUT2D eigenvalue weighted by atomic mass is 9.89. The van der Waals surface area contributed by atoms with Crippen LogP contribution in [0.5, 0.6) is 0 Å². The quantitative estimate of drug-likeness (QED) is 0.771. The van der Waals surface area contributed by atoms with Crippen molar-refractivity contribution in [3.63, 3.8) is 0 Å². The molecule has 3 amide bonds. The molecule has 0 unspecified atom stereocenters. The highest BCUT2D eigenvalue weighted by Crippen LogP contribution is 2.27. The van der Waals surface area contributed by atoms with E-state index in [9.17, 15) is 9.59 Å². The molecule has 160 valence electrons. The van der Waals surface area contributed by atoms with Crippen molar-refractivity contribution in [3.8, 4) is 0 Å². The van der Waals surface area contributed by atoms with Gasteiger partial charge in [-0.1, -0.05) is 18.6 Å². The number of carbonyl (C=O) groups is 2. The van der Waals surface area contributed by atoms with Gasteiger partial charge in [0.2, 0.25) is 0 Å². The van der Waals surface area contributed by atoms with Gasteiger partial charge in [0.1, 0.15) is 0 Å². The Kier molecular flexibility index (Phi) is 7.92. The third-order valence-electron chi connectivity index (χ3n) is 5.90. The Labute approximate surface area is 175 Å². The smallest absolute Gasteiger partial charge is 0.317 e. The Bertz CT molecular complexity index is 685. The van der Waals surface area contributed by atoms with Crippen molar-refractivity contribution in [1.29, 1.82) is 0 Å². The van der Waals surface area contributed by atoms with Gasteiger partial charge in [-0.15, -0.1) is 0 Å². The van der Waals surface area contributed by atoms with Crippen LogP contribution in [-0.2, 0) is 0 Å². The van der Waals surface area contributed by atoms with Gasteiger partial charge in [0.25, 0.3) is 5.91 Å². The number of nitrogens with one attached hydrogen (secondary N) is 2. The van der Waals surface area contributed by atoms with Crippen LogP contribution < -0.4 is 10.6 Å². The summed E-state index contributed by atoms with van der Waals surface area (Å²) in [6.07, 6.45) is 5.90. The van der Waals surface area contributed by atoms with Crippen LogP contribution in [0.2, 0.25) is 0 Å². The highest BCUT2D eigenvalue weighted by atomic mass is 16.2. The lowest BCUT2D eigenvalue weighted by Gasteiger charge is -2.33. The maximum Gasteiger partial charge on any atom is 0.317 e. The third-order valence-corrected chi connectivity index (χ3v) is 5.90. The molecule has 2 heterocycles. The van der Waals surface area contributed by atoms with Crippen molar-refractivity contribution in [1.82, 2.24) is 20.4 Å². The summed E-state index contributed by atoms with van der Waals surface area (Å²) in [6, 6.07) is 8.08. The van der Waals surface area contributed by atoms with Gasteiger partial charge in [0.15, 0.2) is 0 Å².